The van der Waals surface area contributed by atoms with Gasteiger partial charge in [-0.2, -0.15) is 0 Å². The van der Waals surface area contributed by atoms with Crippen LogP contribution in [0.3, 0.4) is 0 Å². The molecule has 0 amide bonds. The Morgan fingerprint density at radius 2 is 1.46 bits per heavy atom. The summed E-state index contributed by atoms with van der Waals surface area (Å²) in [6, 6.07) is 23.2. The highest BCUT2D eigenvalue weighted by molar-refractivity contribution is 5.99. The SMILES string of the molecule is CC(=O)c1ccc(C(=C2CCNCC2)c2cccc3ccccc23)cc1. The summed E-state index contributed by atoms with van der Waals surface area (Å²) in [5.41, 5.74) is 6.08. The number of carbonyl (C=O) groups excluding carboxylic acids is 1. The summed E-state index contributed by atoms with van der Waals surface area (Å²) in [7, 11) is 0. The van der Waals surface area contributed by atoms with Gasteiger partial charge >= 0.3 is 0 Å². The maximum Gasteiger partial charge on any atom is 0.159 e. The minimum absolute atomic E-state index is 0.109. The number of ketones is 1. The first-order valence-electron chi connectivity index (χ1n) is 9.26. The highest BCUT2D eigenvalue weighted by Crippen LogP contribution is 2.35. The zero-order valence-electron chi connectivity index (χ0n) is 15.1. The fourth-order valence-corrected chi connectivity index (χ4v) is 3.84. The van der Waals surface area contributed by atoms with E-state index in [0.717, 1.165) is 31.5 Å². The van der Waals surface area contributed by atoms with Gasteiger partial charge in [-0.05, 0) is 60.3 Å². The third-order valence-electron chi connectivity index (χ3n) is 5.20. The predicted molar refractivity (Wildman–Crippen MR) is 109 cm³/mol. The van der Waals surface area contributed by atoms with Crippen LogP contribution < -0.4 is 5.32 Å². The van der Waals surface area contributed by atoms with E-state index in [1.165, 1.54) is 33.0 Å². The number of piperidine rings is 1. The van der Waals surface area contributed by atoms with E-state index in [4.69, 9.17) is 0 Å². The van der Waals surface area contributed by atoms with Crippen molar-refractivity contribution < 1.29 is 4.79 Å². The highest BCUT2D eigenvalue weighted by atomic mass is 16.1. The summed E-state index contributed by atoms with van der Waals surface area (Å²) in [6.45, 7) is 3.66. The third-order valence-corrected chi connectivity index (χ3v) is 5.20. The van der Waals surface area contributed by atoms with Crippen molar-refractivity contribution in [1.29, 1.82) is 0 Å². The molecule has 3 aromatic carbocycles. The Morgan fingerprint density at radius 3 is 2.19 bits per heavy atom. The van der Waals surface area contributed by atoms with E-state index in [2.05, 4.69) is 59.9 Å². The normalized spacial score (nSPS) is 14.4. The van der Waals surface area contributed by atoms with Crippen LogP contribution in [-0.4, -0.2) is 18.9 Å². The summed E-state index contributed by atoms with van der Waals surface area (Å²) in [6.07, 6.45) is 2.13. The number of nitrogens with one attached hydrogen (secondary N) is 1. The summed E-state index contributed by atoms with van der Waals surface area (Å²) < 4.78 is 0. The molecule has 0 spiro atoms. The van der Waals surface area contributed by atoms with Gasteiger partial charge in [-0.25, -0.2) is 0 Å². The largest absolute Gasteiger partial charge is 0.316 e. The molecule has 1 saturated heterocycles. The van der Waals surface area contributed by atoms with Crippen LogP contribution in [0, 0.1) is 0 Å². The molecule has 0 unspecified atom stereocenters. The van der Waals surface area contributed by atoms with Crippen molar-refractivity contribution in [2.45, 2.75) is 19.8 Å². The lowest BCUT2D eigenvalue weighted by atomic mass is 9.86. The standard InChI is InChI=1S/C24H23NO/c1-17(26)18-9-11-20(12-10-18)24(21-13-15-25-16-14-21)23-8-4-6-19-5-2-3-7-22(19)23/h2-12,25H,13-16H2,1H3. The van der Waals surface area contributed by atoms with Crippen LogP contribution in [0.25, 0.3) is 16.3 Å². The molecule has 1 aliphatic rings. The molecule has 0 bridgehead atoms. The Balaban J connectivity index is 1.93. The number of carbonyl (C=O) groups is 1. The zero-order valence-corrected chi connectivity index (χ0v) is 15.1. The molecule has 1 N–H and O–H groups in total. The maximum atomic E-state index is 11.7. The van der Waals surface area contributed by atoms with Gasteiger partial charge in [-0.1, -0.05) is 72.3 Å². The van der Waals surface area contributed by atoms with Gasteiger partial charge in [0.05, 0.1) is 0 Å². The van der Waals surface area contributed by atoms with E-state index in [-0.39, 0.29) is 5.78 Å². The Kier molecular flexibility index (Phi) is 4.68. The molecule has 3 aromatic rings. The topological polar surface area (TPSA) is 29.1 Å². The molecule has 2 heteroatoms. The lowest BCUT2D eigenvalue weighted by Gasteiger charge is -2.22. The van der Waals surface area contributed by atoms with Gasteiger partial charge < -0.3 is 5.32 Å². The van der Waals surface area contributed by atoms with Crippen molar-refractivity contribution >= 4 is 22.1 Å². The number of rotatable bonds is 3. The summed E-state index contributed by atoms with van der Waals surface area (Å²) in [5.74, 6) is 0.109. The van der Waals surface area contributed by atoms with Crippen molar-refractivity contribution in [1.82, 2.24) is 5.32 Å². The molecule has 0 saturated carbocycles. The number of fused-ring (bicyclic) bond motifs is 1. The van der Waals surface area contributed by atoms with Crippen LogP contribution in [0.4, 0.5) is 0 Å². The number of hydrogen-bond acceptors (Lipinski definition) is 2. The van der Waals surface area contributed by atoms with Gasteiger partial charge in [-0.3, -0.25) is 4.79 Å². The predicted octanol–water partition coefficient (Wildman–Crippen LogP) is 5.23. The van der Waals surface area contributed by atoms with Crippen LogP contribution in [0.2, 0.25) is 0 Å². The van der Waals surface area contributed by atoms with Crippen molar-refractivity contribution in [2.24, 2.45) is 0 Å². The minimum Gasteiger partial charge on any atom is -0.316 e. The molecule has 0 radical (unpaired) electrons. The average Bonchev–Trinajstić information content (AvgIpc) is 2.70. The first-order chi connectivity index (χ1) is 12.7. The highest BCUT2D eigenvalue weighted by Gasteiger charge is 2.16. The molecule has 26 heavy (non-hydrogen) atoms. The van der Waals surface area contributed by atoms with E-state index < -0.39 is 0 Å². The fourth-order valence-electron chi connectivity index (χ4n) is 3.84. The first-order valence-corrected chi connectivity index (χ1v) is 9.26. The molecule has 0 aliphatic carbocycles. The Morgan fingerprint density at radius 1 is 0.808 bits per heavy atom. The van der Waals surface area contributed by atoms with E-state index in [0.29, 0.717) is 0 Å². The Bertz CT molecular complexity index is 969. The lowest BCUT2D eigenvalue weighted by molar-refractivity contribution is 0.101. The van der Waals surface area contributed by atoms with E-state index in [1.807, 2.05) is 12.1 Å². The molecule has 0 atom stereocenters. The van der Waals surface area contributed by atoms with Crippen LogP contribution in [0.1, 0.15) is 41.3 Å². The van der Waals surface area contributed by atoms with Crippen molar-refractivity contribution in [3.63, 3.8) is 0 Å². The number of Topliss-reactive ketones (excluding diaryl/α,β-unsaturated/α-hetero) is 1. The number of benzene rings is 3. The molecule has 1 heterocycles. The van der Waals surface area contributed by atoms with E-state index in [1.54, 1.807) is 6.92 Å². The smallest absolute Gasteiger partial charge is 0.159 e. The maximum absolute atomic E-state index is 11.7. The van der Waals surface area contributed by atoms with Gasteiger partial charge in [-0.15, -0.1) is 0 Å². The third kappa shape index (κ3) is 3.21. The average molecular weight is 341 g/mol. The molecule has 1 fully saturated rings. The van der Waals surface area contributed by atoms with Crippen LogP contribution in [0.5, 0.6) is 0 Å². The molecule has 4 rings (SSSR count). The van der Waals surface area contributed by atoms with Gasteiger partial charge in [0.25, 0.3) is 0 Å². The fraction of sp³-hybridized carbons (Fsp3) is 0.208. The van der Waals surface area contributed by atoms with Gasteiger partial charge in [0.2, 0.25) is 0 Å². The molecule has 130 valence electrons. The Labute approximate surface area is 154 Å². The second-order valence-corrected chi connectivity index (χ2v) is 6.89. The summed E-state index contributed by atoms with van der Waals surface area (Å²) in [4.78, 5) is 11.7. The molecular weight excluding hydrogens is 318 g/mol. The number of hydrogen-bond donors (Lipinski definition) is 1. The van der Waals surface area contributed by atoms with Crippen molar-refractivity contribution in [3.8, 4) is 0 Å². The van der Waals surface area contributed by atoms with Gasteiger partial charge in [0, 0.05) is 5.56 Å². The van der Waals surface area contributed by atoms with Crippen LogP contribution in [0.15, 0.2) is 72.3 Å². The summed E-state index contributed by atoms with van der Waals surface area (Å²) in [5, 5.41) is 6.00. The monoisotopic (exact) mass is 341 g/mol. The molecule has 0 aromatic heterocycles. The second-order valence-electron chi connectivity index (χ2n) is 6.89. The van der Waals surface area contributed by atoms with Crippen molar-refractivity contribution in [3.05, 3.63) is 89.0 Å². The summed E-state index contributed by atoms with van der Waals surface area (Å²) >= 11 is 0. The van der Waals surface area contributed by atoms with Crippen molar-refractivity contribution in [2.75, 3.05) is 13.1 Å². The Hall–Kier alpha value is -2.71. The minimum atomic E-state index is 0.109. The van der Waals surface area contributed by atoms with E-state index >= 15 is 0 Å². The molecular formula is C24H23NO. The molecule has 2 nitrogen and oxygen atoms in total. The van der Waals surface area contributed by atoms with Crippen LogP contribution >= 0.6 is 0 Å². The molecule has 1 aliphatic heterocycles. The second kappa shape index (κ2) is 7.27. The van der Waals surface area contributed by atoms with Gasteiger partial charge in [0.15, 0.2) is 5.78 Å². The quantitative estimate of drug-likeness (QED) is 0.661. The lowest BCUT2D eigenvalue weighted by Crippen LogP contribution is -2.23. The van der Waals surface area contributed by atoms with Gasteiger partial charge in [0.1, 0.15) is 0 Å². The zero-order chi connectivity index (χ0) is 17.9. The van der Waals surface area contributed by atoms with Crippen LogP contribution in [-0.2, 0) is 0 Å². The van der Waals surface area contributed by atoms with E-state index in [9.17, 15) is 4.79 Å². The first kappa shape index (κ1) is 16.7.